The maximum Gasteiger partial charge on any atom is 0.332 e. The van der Waals surface area contributed by atoms with E-state index in [1.54, 1.807) is 25.3 Å². The topological polar surface area (TPSA) is 117 Å². The third-order valence-corrected chi connectivity index (χ3v) is 6.90. The van der Waals surface area contributed by atoms with Crippen molar-refractivity contribution >= 4 is 28.0 Å². The van der Waals surface area contributed by atoms with Crippen molar-refractivity contribution in [1.82, 2.24) is 19.7 Å². The van der Waals surface area contributed by atoms with Crippen LogP contribution in [0.3, 0.4) is 0 Å². The molecular weight excluding hydrogens is 449 g/mol. The first-order chi connectivity index (χ1) is 16.7. The normalized spacial score (nSPS) is 18.7. The smallest absolute Gasteiger partial charge is 0.332 e. The first-order valence-electron chi connectivity index (χ1n) is 11.6. The summed E-state index contributed by atoms with van der Waals surface area (Å²) < 4.78 is 22.0. The van der Waals surface area contributed by atoms with Gasteiger partial charge in [-0.25, -0.2) is 14.2 Å². The van der Waals surface area contributed by atoms with Crippen LogP contribution in [0, 0.1) is 24.1 Å². The number of carboxylic acid groups (broad SMARTS) is 1. The number of halogens is 1. The van der Waals surface area contributed by atoms with E-state index in [9.17, 15) is 19.6 Å². The average Bonchev–Trinajstić information content (AvgIpc) is 3.41. The van der Waals surface area contributed by atoms with Gasteiger partial charge in [0.05, 0.1) is 29.9 Å². The average molecular weight is 476 g/mol. The number of nitrogens with zero attached hydrogens (tertiary/aromatic N) is 4. The van der Waals surface area contributed by atoms with Gasteiger partial charge in [-0.1, -0.05) is 13.8 Å². The maximum absolute atomic E-state index is 14.2. The predicted molar refractivity (Wildman–Crippen MR) is 128 cm³/mol. The van der Waals surface area contributed by atoms with E-state index in [0.717, 1.165) is 33.4 Å². The number of benzene rings is 1. The van der Waals surface area contributed by atoms with E-state index >= 15 is 0 Å². The van der Waals surface area contributed by atoms with Gasteiger partial charge < -0.3 is 14.4 Å². The third-order valence-electron chi connectivity index (χ3n) is 6.90. The number of aryl methyl sites for hydroxylation is 1. The first-order valence-corrected chi connectivity index (χ1v) is 11.6. The Morgan fingerprint density at radius 2 is 2.17 bits per heavy atom. The molecule has 2 N–H and O–H groups in total. The number of nitriles is 1. The number of nitrogens with one attached hydrogen (secondary N) is 1. The first kappa shape index (κ1) is 23.0. The second kappa shape index (κ2) is 8.47. The summed E-state index contributed by atoms with van der Waals surface area (Å²) in [4.78, 5) is 16.4. The van der Waals surface area contributed by atoms with Crippen molar-refractivity contribution in [2.75, 3.05) is 6.61 Å². The molecule has 3 aromatic heterocycles. The summed E-state index contributed by atoms with van der Waals surface area (Å²) in [6, 6.07) is 9.28. The summed E-state index contributed by atoms with van der Waals surface area (Å²) in [7, 11) is 0. The number of pyridine rings is 1. The fraction of sp³-hybridized carbons (Fsp3) is 0.385. The molecule has 0 amide bonds. The molecule has 1 fully saturated rings. The number of carbonyl (C=O) groups is 1. The second-order valence-electron chi connectivity index (χ2n) is 9.85. The highest BCUT2D eigenvalue weighted by Gasteiger charge is 2.37. The van der Waals surface area contributed by atoms with Crippen LogP contribution in [0.5, 0.6) is 0 Å². The largest absolute Gasteiger partial charge is 0.479 e. The molecule has 1 aliphatic heterocycles. The van der Waals surface area contributed by atoms with Gasteiger partial charge in [0.25, 0.3) is 0 Å². The quantitative estimate of drug-likeness (QED) is 0.425. The molecule has 0 spiro atoms. The Kier molecular flexibility index (Phi) is 5.56. The van der Waals surface area contributed by atoms with Crippen molar-refractivity contribution in [2.24, 2.45) is 0 Å². The van der Waals surface area contributed by atoms with Crippen LogP contribution < -0.4 is 0 Å². The molecule has 0 radical (unpaired) electrons. The highest BCUT2D eigenvalue weighted by molar-refractivity contribution is 5.94. The molecular formula is C26H26FN5O3. The van der Waals surface area contributed by atoms with Crippen LogP contribution in [-0.2, 0) is 14.9 Å². The monoisotopic (exact) mass is 475 g/mol. The zero-order valence-electron chi connectivity index (χ0n) is 19.8. The van der Waals surface area contributed by atoms with Gasteiger partial charge in [0.1, 0.15) is 5.82 Å². The fourth-order valence-electron chi connectivity index (χ4n) is 5.14. The Morgan fingerprint density at radius 3 is 2.83 bits per heavy atom. The van der Waals surface area contributed by atoms with Crippen LogP contribution in [0.15, 0.2) is 30.5 Å². The van der Waals surface area contributed by atoms with E-state index in [1.165, 1.54) is 6.07 Å². The molecule has 1 saturated heterocycles. The lowest BCUT2D eigenvalue weighted by Crippen LogP contribution is -2.32. The lowest BCUT2D eigenvalue weighted by Gasteiger charge is -2.31. The Bertz CT molecular complexity index is 1490. The van der Waals surface area contributed by atoms with E-state index in [2.05, 4.69) is 20.8 Å². The zero-order valence-corrected chi connectivity index (χ0v) is 19.8. The third kappa shape index (κ3) is 3.84. The highest BCUT2D eigenvalue weighted by Crippen LogP contribution is 2.44. The Morgan fingerprint density at radius 1 is 1.37 bits per heavy atom. The molecule has 8 nitrogen and oxygen atoms in total. The number of rotatable bonds is 5. The minimum atomic E-state index is -0.963. The molecule has 2 atom stereocenters. The number of aliphatic carboxylic acids is 1. The Balaban J connectivity index is 1.84. The van der Waals surface area contributed by atoms with Gasteiger partial charge in [0, 0.05) is 40.1 Å². The van der Waals surface area contributed by atoms with E-state index in [4.69, 9.17) is 9.72 Å². The van der Waals surface area contributed by atoms with Gasteiger partial charge >= 0.3 is 5.97 Å². The summed E-state index contributed by atoms with van der Waals surface area (Å²) in [5.74, 6) is -1.37. The summed E-state index contributed by atoms with van der Waals surface area (Å²) in [6.45, 7) is 5.98. The molecule has 0 bridgehead atoms. The maximum atomic E-state index is 14.2. The SMILES string of the molecule is Cc1cc(-n2c(C(C)(C)CC#N)c([C@@H]3CC[C@@H](C(=O)O)OC3)c3nc4[nH]ncc4cc32)ccc1F. The van der Waals surface area contributed by atoms with Gasteiger partial charge in [0.2, 0.25) is 0 Å². The lowest BCUT2D eigenvalue weighted by molar-refractivity contribution is -0.153. The van der Waals surface area contributed by atoms with Crippen LogP contribution in [0.1, 0.15) is 55.8 Å². The molecule has 180 valence electrons. The minimum absolute atomic E-state index is 0.114. The fourth-order valence-corrected chi connectivity index (χ4v) is 5.14. The number of carboxylic acids is 1. The molecule has 1 aliphatic rings. The molecule has 0 unspecified atom stereocenters. The number of H-pyrrole nitrogens is 1. The molecule has 4 aromatic rings. The zero-order chi connectivity index (χ0) is 24.9. The van der Waals surface area contributed by atoms with Crippen LogP contribution in [0.25, 0.3) is 27.8 Å². The lowest BCUT2D eigenvalue weighted by atomic mass is 9.79. The van der Waals surface area contributed by atoms with Gasteiger partial charge in [-0.15, -0.1) is 0 Å². The summed E-state index contributed by atoms with van der Waals surface area (Å²) >= 11 is 0. The molecule has 0 aliphatic carbocycles. The van der Waals surface area contributed by atoms with Crippen LogP contribution in [-0.4, -0.2) is 43.5 Å². The Hall–Kier alpha value is -3.77. The minimum Gasteiger partial charge on any atom is -0.479 e. The van der Waals surface area contributed by atoms with E-state index < -0.39 is 17.5 Å². The summed E-state index contributed by atoms with van der Waals surface area (Å²) in [6.07, 6.45) is 2.11. The van der Waals surface area contributed by atoms with Crippen molar-refractivity contribution < 1.29 is 19.0 Å². The Labute approximate surface area is 201 Å². The summed E-state index contributed by atoms with van der Waals surface area (Å²) in [5, 5.41) is 27.0. The second-order valence-corrected chi connectivity index (χ2v) is 9.85. The number of aromatic nitrogens is 4. The van der Waals surface area contributed by atoms with Crippen molar-refractivity contribution in [3.8, 4) is 11.8 Å². The van der Waals surface area contributed by atoms with Gasteiger partial charge in [0.15, 0.2) is 11.8 Å². The predicted octanol–water partition coefficient (Wildman–Crippen LogP) is 4.89. The molecule has 35 heavy (non-hydrogen) atoms. The van der Waals surface area contributed by atoms with Gasteiger partial charge in [-0.2, -0.15) is 10.4 Å². The van der Waals surface area contributed by atoms with Crippen molar-refractivity contribution in [3.63, 3.8) is 0 Å². The van der Waals surface area contributed by atoms with Crippen molar-refractivity contribution in [2.45, 2.75) is 57.5 Å². The molecule has 0 saturated carbocycles. The number of aromatic amines is 1. The summed E-state index contributed by atoms with van der Waals surface area (Å²) in [5.41, 5.74) is 4.73. The highest BCUT2D eigenvalue weighted by atomic mass is 19.1. The molecule has 9 heteroatoms. The van der Waals surface area contributed by atoms with Crippen molar-refractivity contribution in [3.05, 3.63) is 53.1 Å². The number of ether oxygens (including phenoxy) is 1. The molecule has 4 heterocycles. The molecule has 5 rings (SSSR count). The number of hydrogen-bond acceptors (Lipinski definition) is 5. The van der Waals surface area contributed by atoms with Gasteiger partial charge in [-0.05, 0) is 49.6 Å². The van der Waals surface area contributed by atoms with E-state index in [0.29, 0.717) is 24.1 Å². The van der Waals surface area contributed by atoms with E-state index in [-0.39, 0.29) is 24.8 Å². The van der Waals surface area contributed by atoms with Crippen molar-refractivity contribution in [1.29, 1.82) is 5.26 Å². The van der Waals surface area contributed by atoms with Gasteiger partial charge in [-0.3, -0.25) is 5.10 Å². The van der Waals surface area contributed by atoms with Crippen LogP contribution >= 0.6 is 0 Å². The van der Waals surface area contributed by atoms with Crippen LogP contribution in [0.2, 0.25) is 0 Å². The standard InChI is InChI=1S/C26H26FN5O3/c1-14-10-17(5-6-18(14)27)32-19-11-16-12-29-31-24(16)30-22(19)21(23(32)26(2,3)8-9-28)15-4-7-20(25(33)34)35-13-15/h5-6,10-12,15,20H,4,7-8,13H2,1-3H3,(H,33,34)(H,29,30,31)/t15-,20+/m1/s1. The van der Waals surface area contributed by atoms with Crippen LogP contribution in [0.4, 0.5) is 4.39 Å². The number of fused-ring (bicyclic) bond motifs is 2. The number of hydrogen-bond donors (Lipinski definition) is 2. The molecule has 1 aromatic carbocycles. The van der Waals surface area contributed by atoms with E-state index in [1.807, 2.05) is 19.9 Å².